The topological polar surface area (TPSA) is 49.8 Å². The predicted molar refractivity (Wildman–Crippen MR) is 81.5 cm³/mol. The van der Waals surface area contributed by atoms with Crippen molar-refractivity contribution < 1.29 is 19.0 Å². The van der Waals surface area contributed by atoms with Gasteiger partial charge in [-0.1, -0.05) is 19.3 Å². The Hall–Kier alpha value is -1.62. The highest BCUT2D eigenvalue weighted by molar-refractivity contribution is 5.96. The Bertz CT molecular complexity index is 569. The summed E-state index contributed by atoms with van der Waals surface area (Å²) in [6.45, 7) is 2.27. The van der Waals surface area contributed by atoms with Crippen molar-refractivity contribution in [1.29, 1.82) is 0 Å². The van der Waals surface area contributed by atoms with Gasteiger partial charge >= 0.3 is 0 Å². The molecule has 1 saturated carbocycles. The first kappa shape index (κ1) is 15.3. The third-order valence-corrected chi connectivity index (χ3v) is 4.55. The Morgan fingerprint density at radius 2 is 2.14 bits per heavy atom. The molecule has 1 aromatic carbocycles. The summed E-state index contributed by atoms with van der Waals surface area (Å²) in [5.74, 6) is -0.110. The van der Waals surface area contributed by atoms with Crippen LogP contribution in [-0.4, -0.2) is 29.3 Å². The minimum atomic E-state index is -0.892. The summed E-state index contributed by atoms with van der Waals surface area (Å²) in [6.07, 6.45) is 4.32. The zero-order valence-electron chi connectivity index (χ0n) is 12.8. The third-order valence-electron chi connectivity index (χ3n) is 4.55. The molecule has 0 radical (unpaired) electrons. The SMILES string of the molecule is CC1CN(C(=O)CC2(O)CCCCC2)c2ccc(F)cc2O1. The molecule has 1 fully saturated rings. The van der Waals surface area contributed by atoms with Gasteiger partial charge in [0.25, 0.3) is 0 Å². The number of amides is 1. The molecule has 0 aromatic heterocycles. The van der Waals surface area contributed by atoms with E-state index in [2.05, 4.69) is 0 Å². The van der Waals surface area contributed by atoms with Gasteiger partial charge in [0.1, 0.15) is 17.7 Å². The molecule has 22 heavy (non-hydrogen) atoms. The summed E-state index contributed by atoms with van der Waals surface area (Å²) >= 11 is 0. The first-order valence-corrected chi connectivity index (χ1v) is 7.96. The van der Waals surface area contributed by atoms with E-state index in [9.17, 15) is 14.3 Å². The second kappa shape index (κ2) is 5.88. The quantitative estimate of drug-likeness (QED) is 0.913. The first-order chi connectivity index (χ1) is 10.5. The van der Waals surface area contributed by atoms with Crippen LogP contribution in [0.2, 0.25) is 0 Å². The van der Waals surface area contributed by atoms with Crippen LogP contribution in [0.25, 0.3) is 0 Å². The third kappa shape index (κ3) is 3.09. The fraction of sp³-hybridized carbons (Fsp3) is 0.588. The summed E-state index contributed by atoms with van der Waals surface area (Å²) in [7, 11) is 0. The van der Waals surface area contributed by atoms with E-state index in [0.717, 1.165) is 19.3 Å². The fourth-order valence-electron chi connectivity index (χ4n) is 3.41. The molecule has 5 heteroatoms. The summed E-state index contributed by atoms with van der Waals surface area (Å²) < 4.78 is 19.0. The van der Waals surface area contributed by atoms with Crippen molar-refractivity contribution in [3.63, 3.8) is 0 Å². The zero-order valence-corrected chi connectivity index (χ0v) is 12.8. The first-order valence-electron chi connectivity index (χ1n) is 7.96. The number of carbonyl (C=O) groups excluding carboxylic acids is 1. The molecule has 1 heterocycles. The Labute approximate surface area is 129 Å². The second-order valence-electron chi connectivity index (χ2n) is 6.51. The maximum Gasteiger partial charge on any atom is 0.230 e. The smallest absolute Gasteiger partial charge is 0.230 e. The standard InChI is InChI=1S/C17H22FNO3/c1-12-11-19(14-6-5-13(18)9-15(14)22-12)16(20)10-17(21)7-3-2-4-8-17/h5-6,9,12,21H,2-4,7-8,10-11H2,1H3. The van der Waals surface area contributed by atoms with E-state index in [0.29, 0.717) is 30.8 Å². The normalized spacial score (nSPS) is 23.6. The van der Waals surface area contributed by atoms with Crippen LogP contribution in [0.15, 0.2) is 18.2 Å². The van der Waals surface area contributed by atoms with Gasteiger partial charge in [-0.05, 0) is 31.9 Å². The highest BCUT2D eigenvalue weighted by Crippen LogP contribution is 2.37. The number of nitrogens with zero attached hydrogens (tertiary/aromatic N) is 1. The molecule has 1 atom stereocenters. The van der Waals surface area contributed by atoms with Crippen LogP contribution in [0.4, 0.5) is 10.1 Å². The molecular weight excluding hydrogens is 285 g/mol. The Morgan fingerprint density at radius 1 is 1.41 bits per heavy atom. The van der Waals surface area contributed by atoms with E-state index in [1.165, 1.54) is 12.1 Å². The van der Waals surface area contributed by atoms with Crippen molar-refractivity contribution in [2.45, 2.75) is 57.2 Å². The minimum Gasteiger partial charge on any atom is -0.487 e. The molecule has 0 saturated heterocycles. The lowest BCUT2D eigenvalue weighted by atomic mass is 9.82. The largest absolute Gasteiger partial charge is 0.487 e. The van der Waals surface area contributed by atoms with E-state index in [-0.39, 0.29) is 24.2 Å². The number of aliphatic hydroxyl groups is 1. The molecule has 2 aliphatic rings. The van der Waals surface area contributed by atoms with Gasteiger partial charge in [0, 0.05) is 6.07 Å². The van der Waals surface area contributed by atoms with Gasteiger partial charge in [-0.25, -0.2) is 4.39 Å². The number of hydrogen-bond acceptors (Lipinski definition) is 3. The van der Waals surface area contributed by atoms with Crippen LogP contribution in [0.3, 0.4) is 0 Å². The molecule has 1 aromatic rings. The highest BCUT2D eigenvalue weighted by Gasteiger charge is 2.36. The number of ether oxygens (including phenoxy) is 1. The summed E-state index contributed by atoms with van der Waals surface area (Å²) in [5.41, 5.74) is -0.305. The zero-order chi connectivity index (χ0) is 15.7. The average molecular weight is 307 g/mol. The number of fused-ring (bicyclic) bond motifs is 1. The Balaban J connectivity index is 1.81. The molecule has 1 N–H and O–H groups in total. The molecule has 1 aliphatic heterocycles. The maximum absolute atomic E-state index is 13.4. The number of benzene rings is 1. The van der Waals surface area contributed by atoms with Crippen molar-refractivity contribution in [2.24, 2.45) is 0 Å². The lowest BCUT2D eigenvalue weighted by Crippen LogP contribution is -2.46. The number of anilines is 1. The molecule has 1 aliphatic carbocycles. The van der Waals surface area contributed by atoms with Gasteiger partial charge in [0.05, 0.1) is 24.3 Å². The van der Waals surface area contributed by atoms with Crippen LogP contribution < -0.4 is 9.64 Å². The van der Waals surface area contributed by atoms with Crippen LogP contribution in [0.1, 0.15) is 45.4 Å². The van der Waals surface area contributed by atoms with Gasteiger partial charge in [0.2, 0.25) is 5.91 Å². The van der Waals surface area contributed by atoms with Crippen LogP contribution >= 0.6 is 0 Å². The summed E-state index contributed by atoms with van der Waals surface area (Å²) in [4.78, 5) is 14.3. The number of halogens is 1. The molecule has 4 nitrogen and oxygen atoms in total. The van der Waals surface area contributed by atoms with E-state index >= 15 is 0 Å². The van der Waals surface area contributed by atoms with Crippen molar-refractivity contribution in [3.8, 4) is 5.75 Å². The van der Waals surface area contributed by atoms with E-state index in [4.69, 9.17) is 4.74 Å². The molecule has 3 rings (SSSR count). The van der Waals surface area contributed by atoms with Crippen molar-refractivity contribution in [1.82, 2.24) is 0 Å². The van der Waals surface area contributed by atoms with Crippen LogP contribution in [-0.2, 0) is 4.79 Å². The van der Waals surface area contributed by atoms with E-state index in [1.807, 2.05) is 6.92 Å². The summed E-state index contributed by atoms with van der Waals surface area (Å²) in [5, 5.41) is 10.6. The molecular formula is C17H22FNO3. The number of carbonyl (C=O) groups is 1. The fourth-order valence-corrected chi connectivity index (χ4v) is 3.41. The number of hydrogen-bond donors (Lipinski definition) is 1. The molecule has 0 bridgehead atoms. The maximum atomic E-state index is 13.4. The van der Waals surface area contributed by atoms with Crippen molar-refractivity contribution in [2.75, 3.05) is 11.4 Å². The van der Waals surface area contributed by atoms with Crippen molar-refractivity contribution in [3.05, 3.63) is 24.0 Å². The summed E-state index contributed by atoms with van der Waals surface area (Å²) in [6, 6.07) is 4.20. The van der Waals surface area contributed by atoms with Crippen molar-refractivity contribution >= 4 is 11.6 Å². The van der Waals surface area contributed by atoms with Gasteiger partial charge in [0.15, 0.2) is 0 Å². The van der Waals surface area contributed by atoms with Gasteiger partial charge in [-0.15, -0.1) is 0 Å². The van der Waals surface area contributed by atoms with Crippen LogP contribution in [0.5, 0.6) is 5.75 Å². The van der Waals surface area contributed by atoms with Gasteiger partial charge < -0.3 is 14.7 Å². The highest BCUT2D eigenvalue weighted by atomic mass is 19.1. The lowest BCUT2D eigenvalue weighted by Gasteiger charge is -2.37. The minimum absolute atomic E-state index is 0.118. The molecule has 120 valence electrons. The van der Waals surface area contributed by atoms with Gasteiger partial charge in [-0.2, -0.15) is 0 Å². The van der Waals surface area contributed by atoms with E-state index in [1.54, 1.807) is 11.0 Å². The van der Waals surface area contributed by atoms with Crippen LogP contribution in [0, 0.1) is 5.82 Å². The monoisotopic (exact) mass is 307 g/mol. The van der Waals surface area contributed by atoms with Gasteiger partial charge in [-0.3, -0.25) is 4.79 Å². The second-order valence-corrected chi connectivity index (χ2v) is 6.51. The lowest BCUT2D eigenvalue weighted by molar-refractivity contribution is -0.125. The Kier molecular flexibility index (Phi) is 4.08. The molecule has 1 unspecified atom stereocenters. The van der Waals surface area contributed by atoms with E-state index < -0.39 is 5.60 Å². The number of rotatable bonds is 2. The Morgan fingerprint density at radius 3 is 2.86 bits per heavy atom. The average Bonchev–Trinajstić information content (AvgIpc) is 2.46. The molecule has 1 amide bonds. The predicted octanol–water partition coefficient (Wildman–Crippen LogP) is 3.02. The molecule has 0 spiro atoms.